The van der Waals surface area contributed by atoms with E-state index in [2.05, 4.69) is 25.4 Å². The summed E-state index contributed by atoms with van der Waals surface area (Å²) in [6.07, 6.45) is 1.18. The van der Waals surface area contributed by atoms with Gasteiger partial charge >= 0.3 is 12.2 Å². The van der Waals surface area contributed by atoms with Gasteiger partial charge in [-0.2, -0.15) is 15.3 Å². The third-order valence-corrected chi connectivity index (χ3v) is 5.68. The fourth-order valence-electron chi connectivity index (χ4n) is 3.73. The van der Waals surface area contributed by atoms with E-state index in [-0.39, 0.29) is 44.6 Å². The fraction of sp³-hybridized carbons (Fsp3) is 0.296. The number of nitrogens with zero attached hydrogens (tertiary/aromatic N) is 8. The Balaban J connectivity index is 1.76. The maximum absolute atomic E-state index is 14.8. The van der Waals surface area contributed by atoms with Gasteiger partial charge in [0.15, 0.2) is 11.6 Å². The van der Waals surface area contributed by atoms with Crippen LogP contribution in [-0.4, -0.2) is 53.0 Å². The molecule has 4 rings (SSSR count). The molecule has 0 saturated carbocycles. The molecule has 3 aromatic heterocycles. The molecule has 4 aromatic rings. The number of nitrogens with one attached hydrogen (secondary N) is 1. The van der Waals surface area contributed by atoms with Gasteiger partial charge < -0.3 is 14.8 Å². The SMILES string of the molecule is CC(C)(C)OC(=O)N(C(=O)OC(C)(C)C)c1cc(Nc2ncc(F)c3nn(-c4c(Cl)cc([N+](=O)[O-])cc4C#N)cc23)ncn1. The van der Waals surface area contributed by atoms with Crippen LogP contribution in [0.15, 0.2) is 36.9 Å². The lowest BCUT2D eigenvalue weighted by Crippen LogP contribution is -2.44. The molecule has 15 nitrogen and oxygen atoms in total. The van der Waals surface area contributed by atoms with Gasteiger partial charge in [0, 0.05) is 24.4 Å². The van der Waals surface area contributed by atoms with Crippen molar-refractivity contribution in [2.75, 3.05) is 10.2 Å². The van der Waals surface area contributed by atoms with Gasteiger partial charge in [0.25, 0.3) is 5.69 Å². The Bertz CT molecular complexity index is 1810. The lowest BCUT2D eigenvalue weighted by Gasteiger charge is -2.28. The minimum atomic E-state index is -1.05. The summed E-state index contributed by atoms with van der Waals surface area (Å²) in [4.78, 5) is 49.4. The molecular formula is C27H25ClFN9O6. The van der Waals surface area contributed by atoms with Crippen molar-refractivity contribution in [3.63, 3.8) is 0 Å². The number of hydrogen-bond acceptors (Lipinski definition) is 12. The Hall–Kier alpha value is -5.43. The summed E-state index contributed by atoms with van der Waals surface area (Å²) in [6, 6.07) is 5.14. The second kappa shape index (κ2) is 11.7. The number of ether oxygens (including phenoxy) is 2. The summed E-state index contributed by atoms with van der Waals surface area (Å²) in [7, 11) is 0. The predicted octanol–water partition coefficient (Wildman–Crippen LogP) is 6.20. The van der Waals surface area contributed by atoms with Crippen molar-refractivity contribution in [3.05, 3.63) is 63.4 Å². The molecule has 1 aromatic carbocycles. The van der Waals surface area contributed by atoms with Crippen LogP contribution >= 0.6 is 11.6 Å². The zero-order valence-corrected chi connectivity index (χ0v) is 25.0. The van der Waals surface area contributed by atoms with Gasteiger partial charge in [0.1, 0.15) is 46.4 Å². The average Bonchev–Trinajstić information content (AvgIpc) is 3.34. The number of nitro groups is 1. The Kier molecular flexibility index (Phi) is 8.37. The van der Waals surface area contributed by atoms with Crippen molar-refractivity contribution in [1.29, 1.82) is 5.26 Å². The van der Waals surface area contributed by atoms with E-state index in [1.54, 1.807) is 41.5 Å². The van der Waals surface area contributed by atoms with E-state index in [0.29, 0.717) is 4.90 Å². The number of halogens is 2. The standard InChI is InChI=1S/C27H25ClFN9O6/c1-26(2,3)43-24(39)37(25(40)44-27(4,5)6)20-9-19(32-13-33-20)34-23-16-12-36(35-21(16)18(29)11-31-23)22-14(10-30)7-15(38(41)42)8-17(22)28/h7-9,11-13H,1-6H3,(H,31,32,33,34). The zero-order valence-electron chi connectivity index (χ0n) is 24.2. The number of imide groups is 1. The van der Waals surface area contributed by atoms with E-state index in [9.17, 15) is 29.4 Å². The largest absolute Gasteiger partial charge is 0.443 e. The van der Waals surface area contributed by atoms with Gasteiger partial charge in [0.2, 0.25) is 0 Å². The Morgan fingerprint density at radius 1 is 1.09 bits per heavy atom. The maximum Gasteiger partial charge on any atom is 0.425 e. The lowest BCUT2D eigenvalue weighted by atomic mass is 10.1. The van der Waals surface area contributed by atoms with E-state index in [4.69, 9.17) is 21.1 Å². The molecule has 1 N–H and O–H groups in total. The summed E-state index contributed by atoms with van der Waals surface area (Å²) in [6.45, 7) is 9.75. The zero-order chi connectivity index (χ0) is 32.6. The Morgan fingerprint density at radius 3 is 2.30 bits per heavy atom. The highest BCUT2D eigenvalue weighted by molar-refractivity contribution is 6.32. The number of fused-ring (bicyclic) bond motifs is 1. The van der Waals surface area contributed by atoms with E-state index in [0.717, 1.165) is 29.3 Å². The normalized spacial score (nSPS) is 11.5. The molecule has 0 unspecified atom stereocenters. The Labute approximate surface area is 254 Å². The van der Waals surface area contributed by atoms with Crippen LogP contribution in [0.5, 0.6) is 0 Å². The molecule has 0 aliphatic heterocycles. The number of rotatable bonds is 5. The first-order valence-electron chi connectivity index (χ1n) is 12.7. The van der Waals surface area contributed by atoms with Gasteiger partial charge in [-0.05, 0) is 41.5 Å². The number of benzene rings is 1. The summed E-state index contributed by atoms with van der Waals surface area (Å²) in [5.74, 6) is -0.942. The van der Waals surface area contributed by atoms with Crippen LogP contribution in [0.2, 0.25) is 5.02 Å². The molecule has 0 spiro atoms. The third kappa shape index (κ3) is 6.95. The summed E-state index contributed by atoms with van der Waals surface area (Å²) >= 11 is 6.27. The van der Waals surface area contributed by atoms with Crippen LogP contribution in [0.4, 0.5) is 37.1 Å². The molecule has 0 fully saturated rings. The first-order valence-corrected chi connectivity index (χ1v) is 13.1. The summed E-state index contributed by atoms with van der Waals surface area (Å²) < 4.78 is 26.7. The van der Waals surface area contributed by atoms with Crippen LogP contribution < -0.4 is 10.2 Å². The number of non-ortho nitro benzene ring substituents is 1. The molecule has 0 aliphatic rings. The third-order valence-electron chi connectivity index (χ3n) is 5.39. The van der Waals surface area contributed by atoms with Gasteiger partial charge in [-0.1, -0.05) is 11.6 Å². The number of pyridine rings is 1. The molecule has 0 bridgehead atoms. The van der Waals surface area contributed by atoms with Crippen LogP contribution in [0.1, 0.15) is 47.1 Å². The van der Waals surface area contributed by atoms with Crippen molar-refractivity contribution < 1.29 is 28.4 Å². The number of anilines is 3. The summed E-state index contributed by atoms with van der Waals surface area (Å²) in [5, 5.41) is 27.8. The van der Waals surface area contributed by atoms with Crippen LogP contribution in [-0.2, 0) is 9.47 Å². The first-order chi connectivity index (χ1) is 20.5. The summed E-state index contributed by atoms with van der Waals surface area (Å²) in [5.41, 5.74) is -2.69. The highest BCUT2D eigenvalue weighted by Gasteiger charge is 2.34. The van der Waals surface area contributed by atoms with Crippen molar-refractivity contribution in [2.24, 2.45) is 0 Å². The molecule has 228 valence electrons. The van der Waals surface area contributed by atoms with E-state index >= 15 is 0 Å². The molecule has 3 heterocycles. The number of hydrogen-bond donors (Lipinski definition) is 1. The molecule has 0 aliphatic carbocycles. The number of nitro benzene ring substituents is 1. The number of aromatic nitrogens is 5. The molecular weight excluding hydrogens is 601 g/mol. The molecule has 17 heteroatoms. The fourth-order valence-corrected chi connectivity index (χ4v) is 4.03. The van der Waals surface area contributed by atoms with Crippen LogP contribution in [0.25, 0.3) is 16.6 Å². The highest BCUT2D eigenvalue weighted by atomic mass is 35.5. The molecule has 0 saturated heterocycles. The van der Waals surface area contributed by atoms with Crippen LogP contribution in [0.3, 0.4) is 0 Å². The van der Waals surface area contributed by atoms with Crippen molar-refractivity contribution in [3.8, 4) is 11.8 Å². The van der Waals surface area contributed by atoms with E-state index < -0.39 is 39.8 Å². The predicted molar refractivity (Wildman–Crippen MR) is 155 cm³/mol. The monoisotopic (exact) mass is 625 g/mol. The van der Waals surface area contributed by atoms with Gasteiger partial charge in [-0.25, -0.2) is 33.6 Å². The van der Waals surface area contributed by atoms with E-state index in [1.807, 2.05) is 6.07 Å². The molecule has 0 atom stereocenters. The second-order valence-corrected chi connectivity index (χ2v) is 11.6. The van der Waals surface area contributed by atoms with Crippen molar-refractivity contribution in [1.82, 2.24) is 24.7 Å². The number of nitriles is 1. The van der Waals surface area contributed by atoms with Gasteiger partial charge in [-0.15, -0.1) is 0 Å². The number of carbonyl (C=O) groups is 2. The van der Waals surface area contributed by atoms with E-state index in [1.165, 1.54) is 12.3 Å². The smallest absolute Gasteiger partial charge is 0.425 e. The average molecular weight is 626 g/mol. The van der Waals surface area contributed by atoms with Crippen molar-refractivity contribution in [2.45, 2.75) is 52.7 Å². The molecule has 44 heavy (non-hydrogen) atoms. The molecule has 0 radical (unpaired) electrons. The lowest BCUT2D eigenvalue weighted by molar-refractivity contribution is -0.384. The second-order valence-electron chi connectivity index (χ2n) is 11.2. The van der Waals surface area contributed by atoms with Crippen LogP contribution in [0, 0.1) is 27.3 Å². The van der Waals surface area contributed by atoms with Gasteiger partial charge in [0.05, 0.1) is 27.1 Å². The number of amides is 2. The first kappa shape index (κ1) is 31.5. The topological polar surface area (TPSA) is 191 Å². The maximum atomic E-state index is 14.8. The van der Waals surface area contributed by atoms with Gasteiger partial charge in [-0.3, -0.25) is 10.1 Å². The van der Waals surface area contributed by atoms with Crippen molar-refractivity contribution >= 4 is 57.8 Å². The quantitative estimate of drug-likeness (QED) is 0.195. The Morgan fingerprint density at radius 2 is 1.73 bits per heavy atom. The minimum Gasteiger partial charge on any atom is -0.443 e. The molecule has 2 amide bonds. The minimum absolute atomic E-state index is 0.0176. The number of carbonyl (C=O) groups excluding carboxylic acids is 2. The highest BCUT2D eigenvalue weighted by Crippen LogP contribution is 2.33.